The molecule has 208 valence electrons. The number of carbonyl (C=O) groups is 2. The molecule has 1 aliphatic carbocycles. The summed E-state index contributed by atoms with van der Waals surface area (Å²) in [6.45, 7) is 10.1. The number of nitrogens with zero attached hydrogens (tertiary/aromatic N) is 3. The molecule has 2 aromatic carbocycles. The van der Waals surface area contributed by atoms with Crippen LogP contribution in [-0.2, 0) is 20.9 Å². The first kappa shape index (κ1) is 28.3. The molecule has 0 spiro atoms. The van der Waals surface area contributed by atoms with Crippen molar-refractivity contribution < 1.29 is 14.3 Å². The first-order chi connectivity index (χ1) is 18.6. The molecule has 0 N–H and O–H groups in total. The number of hydrogen-bond acceptors (Lipinski definition) is 5. The molecule has 1 saturated heterocycles. The molecule has 2 aliphatic heterocycles. The quantitative estimate of drug-likeness (QED) is 0.345. The smallest absolute Gasteiger partial charge is 0.224 e. The monoisotopic (exact) mass is 569 g/mol. The summed E-state index contributed by atoms with van der Waals surface area (Å²) in [7, 11) is 0. The van der Waals surface area contributed by atoms with Gasteiger partial charge in [-0.2, -0.15) is 0 Å². The van der Waals surface area contributed by atoms with E-state index in [2.05, 4.69) is 18.7 Å². The number of halogens is 2. The second kappa shape index (κ2) is 11.7. The maximum absolute atomic E-state index is 13.7. The van der Waals surface area contributed by atoms with E-state index in [0.29, 0.717) is 53.0 Å². The van der Waals surface area contributed by atoms with Crippen molar-refractivity contribution in [2.45, 2.75) is 65.5 Å². The lowest BCUT2D eigenvalue weighted by atomic mass is 9.68. The van der Waals surface area contributed by atoms with Gasteiger partial charge in [-0.3, -0.25) is 14.6 Å². The lowest BCUT2D eigenvalue weighted by Crippen LogP contribution is -2.47. The van der Waals surface area contributed by atoms with Crippen LogP contribution in [0.5, 0.6) is 0 Å². The van der Waals surface area contributed by atoms with Crippen LogP contribution < -0.4 is 4.90 Å². The van der Waals surface area contributed by atoms with Gasteiger partial charge in [0.05, 0.1) is 36.5 Å². The Hall–Kier alpha value is -2.25. The fraction of sp³-hybridized carbons (Fsp3) is 0.516. The molecule has 0 radical (unpaired) electrons. The summed E-state index contributed by atoms with van der Waals surface area (Å²) in [4.78, 5) is 36.3. The van der Waals surface area contributed by atoms with Gasteiger partial charge in [-0.1, -0.05) is 55.6 Å². The van der Waals surface area contributed by atoms with Crippen molar-refractivity contribution >= 4 is 52.0 Å². The molecule has 1 amide bonds. The maximum atomic E-state index is 13.7. The minimum Gasteiger partial charge on any atom is -0.375 e. The molecule has 0 aromatic heterocycles. The SMILES string of the molecule is CC(=O)N1c2ccc(COCCN3CCCCC3)cc2N=C2CC(C)(C)CC(=O)C2C1c1ccc(Cl)cc1Cl. The molecular weight excluding hydrogens is 533 g/mol. The Labute approximate surface area is 241 Å². The van der Waals surface area contributed by atoms with Crippen LogP contribution in [0.4, 0.5) is 11.4 Å². The second-order valence-electron chi connectivity index (χ2n) is 11.8. The van der Waals surface area contributed by atoms with E-state index in [1.165, 1.54) is 26.2 Å². The first-order valence-corrected chi connectivity index (χ1v) is 14.7. The number of aliphatic imine (C=N–C) groups is 1. The normalized spacial score (nSPS) is 23.1. The summed E-state index contributed by atoms with van der Waals surface area (Å²) in [5.41, 5.74) is 3.60. The molecule has 2 fully saturated rings. The van der Waals surface area contributed by atoms with Crippen molar-refractivity contribution in [2.75, 3.05) is 31.1 Å². The van der Waals surface area contributed by atoms with E-state index in [9.17, 15) is 9.59 Å². The third kappa shape index (κ3) is 6.25. The lowest BCUT2D eigenvalue weighted by molar-refractivity contribution is -0.124. The van der Waals surface area contributed by atoms with E-state index in [-0.39, 0.29) is 17.1 Å². The highest BCUT2D eigenvalue weighted by molar-refractivity contribution is 6.35. The van der Waals surface area contributed by atoms with Crippen molar-refractivity contribution in [2.24, 2.45) is 16.3 Å². The van der Waals surface area contributed by atoms with Gasteiger partial charge in [0.25, 0.3) is 0 Å². The average Bonchev–Trinajstić information content (AvgIpc) is 3.00. The van der Waals surface area contributed by atoms with Crippen molar-refractivity contribution in [1.82, 2.24) is 4.90 Å². The number of piperidine rings is 1. The van der Waals surface area contributed by atoms with Crippen LogP contribution in [-0.4, -0.2) is 48.5 Å². The zero-order chi connectivity index (χ0) is 27.7. The average molecular weight is 571 g/mol. The van der Waals surface area contributed by atoms with Gasteiger partial charge in [0.15, 0.2) is 0 Å². The van der Waals surface area contributed by atoms with Crippen LogP contribution >= 0.6 is 23.2 Å². The molecule has 2 unspecified atom stereocenters. The number of rotatable bonds is 6. The number of ketones is 1. The predicted octanol–water partition coefficient (Wildman–Crippen LogP) is 7.18. The topological polar surface area (TPSA) is 62.2 Å². The van der Waals surface area contributed by atoms with Crippen LogP contribution in [0.2, 0.25) is 10.0 Å². The van der Waals surface area contributed by atoms with Crippen LogP contribution in [0.15, 0.2) is 41.4 Å². The van der Waals surface area contributed by atoms with Crippen molar-refractivity contribution in [3.05, 3.63) is 57.6 Å². The Balaban J connectivity index is 1.50. The molecule has 8 heteroatoms. The van der Waals surface area contributed by atoms with Gasteiger partial charge in [-0.05, 0) is 73.2 Å². The van der Waals surface area contributed by atoms with Gasteiger partial charge >= 0.3 is 0 Å². The Morgan fingerprint density at radius 1 is 1.08 bits per heavy atom. The zero-order valence-corrected chi connectivity index (χ0v) is 24.5. The molecule has 5 rings (SSSR count). The van der Waals surface area contributed by atoms with Gasteiger partial charge in [0.1, 0.15) is 5.78 Å². The lowest BCUT2D eigenvalue weighted by Gasteiger charge is -2.41. The highest BCUT2D eigenvalue weighted by Crippen LogP contribution is 2.49. The summed E-state index contributed by atoms with van der Waals surface area (Å²) in [5.74, 6) is -0.689. The minimum absolute atomic E-state index is 0.0707. The number of benzene rings is 2. The molecule has 2 atom stereocenters. The van der Waals surface area contributed by atoms with Crippen molar-refractivity contribution in [1.29, 1.82) is 0 Å². The summed E-state index contributed by atoms with van der Waals surface area (Å²) in [6, 6.07) is 10.5. The molecule has 1 saturated carbocycles. The Bertz CT molecular complexity index is 1290. The number of anilines is 1. The molecule has 6 nitrogen and oxygen atoms in total. The summed E-state index contributed by atoms with van der Waals surface area (Å²) < 4.78 is 6.04. The Kier molecular flexibility index (Phi) is 8.48. The van der Waals surface area contributed by atoms with E-state index in [4.69, 9.17) is 32.9 Å². The molecule has 2 heterocycles. The standard InChI is InChI=1S/C31H37Cl2N3O3/c1-20(37)36-27-10-7-21(19-39-14-13-35-11-5-4-6-12-35)15-25(27)34-26-17-31(2,3)18-28(38)29(26)30(36)23-9-8-22(32)16-24(23)33/h7-10,15-16,29-30H,4-6,11-14,17-19H2,1-3H3. The van der Waals surface area contributed by atoms with Gasteiger partial charge in [-0.15, -0.1) is 0 Å². The van der Waals surface area contributed by atoms with E-state index < -0.39 is 12.0 Å². The van der Waals surface area contributed by atoms with Gasteiger partial charge < -0.3 is 14.5 Å². The van der Waals surface area contributed by atoms with Gasteiger partial charge in [-0.25, -0.2) is 0 Å². The minimum atomic E-state index is -0.609. The number of hydrogen-bond donors (Lipinski definition) is 0. The van der Waals surface area contributed by atoms with Crippen LogP contribution in [0.25, 0.3) is 0 Å². The summed E-state index contributed by atoms with van der Waals surface area (Å²) in [6.07, 6.45) is 4.92. The molecule has 2 aromatic rings. The third-order valence-electron chi connectivity index (χ3n) is 8.07. The zero-order valence-electron chi connectivity index (χ0n) is 23.0. The maximum Gasteiger partial charge on any atom is 0.224 e. The van der Waals surface area contributed by atoms with Crippen LogP contribution in [0.1, 0.15) is 70.0 Å². The van der Waals surface area contributed by atoms with E-state index >= 15 is 0 Å². The number of fused-ring (bicyclic) bond motifs is 2. The Morgan fingerprint density at radius 2 is 1.85 bits per heavy atom. The number of carbonyl (C=O) groups excluding carboxylic acids is 2. The Morgan fingerprint density at radius 3 is 2.56 bits per heavy atom. The molecular formula is C31H37Cl2N3O3. The fourth-order valence-corrected chi connectivity index (χ4v) is 6.82. The summed E-state index contributed by atoms with van der Waals surface area (Å²) >= 11 is 12.9. The highest BCUT2D eigenvalue weighted by atomic mass is 35.5. The third-order valence-corrected chi connectivity index (χ3v) is 8.63. The van der Waals surface area contributed by atoms with E-state index in [1.807, 2.05) is 24.3 Å². The highest BCUT2D eigenvalue weighted by Gasteiger charge is 2.47. The molecule has 39 heavy (non-hydrogen) atoms. The van der Waals surface area contributed by atoms with Crippen LogP contribution in [0, 0.1) is 11.3 Å². The predicted molar refractivity (Wildman–Crippen MR) is 157 cm³/mol. The summed E-state index contributed by atoms with van der Waals surface area (Å²) in [5, 5.41) is 0.931. The van der Waals surface area contributed by atoms with Gasteiger partial charge in [0, 0.05) is 35.6 Å². The van der Waals surface area contributed by atoms with E-state index in [1.54, 1.807) is 17.0 Å². The van der Waals surface area contributed by atoms with Gasteiger partial charge in [0.2, 0.25) is 5.91 Å². The fourth-order valence-electron chi connectivity index (χ4n) is 6.30. The number of amides is 1. The number of Topliss-reactive ketones (excluding diaryl/α,β-unsaturated/α-hetero) is 1. The molecule has 3 aliphatic rings. The van der Waals surface area contributed by atoms with E-state index in [0.717, 1.165) is 30.9 Å². The van der Waals surface area contributed by atoms with Crippen molar-refractivity contribution in [3.8, 4) is 0 Å². The van der Waals surface area contributed by atoms with Crippen LogP contribution in [0.3, 0.4) is 0 Å². The molecule has 0 bridgehead atoms. The second-order valence-corrected chi connectivity index (χ2v) is 12.7. The number of ether oxygens (including phenoxy) is 1. The number of likely N-dealkylation sites (tertiary alicyclic amines) is 1. The first-order valence-electron chi connectivity index (χ1n) is 13.9. The largest absolute Gasteiger partial charge is 0.375 e. The van der Waals surface area contributed by atoms with Crippen molar-refractivity contribution in [3.63, 3.8) is 0 Å².